The highest BCUT2D eigenvalue weighted by molar-refractivity contribution is 9.10. The van der Waals surface area contributed by atoms with Crippen LogP contribution in [-0.2, 0) is 13.7 Å². The third-order valence-electron chi connectivity index (χ3n) is 2.75. The molecule has 0 radical (unpaired) electrons. The number of imidazole rings is 1. The summed E-state index contributed by atoms with van der Waals surface area (Å²) in [6, 6.07) is 5.80. The second-order valence-electron chi connectivity index (χ2n) is 4.26. The summed E-state index contributed by atoms with van der Waals surface area (Å²) in [6.45, 7) is 2.43. The fourth-order valence-electron chi connectivity index (χ4n) is 1.68. The Morgan fingerprint density at radius 1 is 1.50 bits per heavy atom. The van der Waals surface area contributed by atoms with Crippen molar-refractivity contribution in [2.24, 2.45) is 12.8 Å². The molecule has 0 fully saturated rings. The molecule has 2 N–H and O–H groups in total. The normalized spacial score (nSPS) is 12.4. The lowest BCUT2D eigenvalue weighted by Gasteiger charge is -2.14. The van der Waals surface area contributed by atoms with E-state index in [0.717, 1.165) is 21.5 Å². The molecule has 2 aromatic rings. The molecule has 0 aliphatic rings. The van der Waals surface area contributed by atoms with E-state index >= 15 is 0 Å². The minimum atomic E-state index is -0.0657. The van der Waals surface area contributed by atoms with Crippen molar-refractivity contribution in [1.29, 1.82) is 0 Å². The zero-order chi connectivity index (χ0) is 13.1. The smallest absolute Gasteiger partial charge is 0.130 e. The summed E-state index contributed by atoms with van der Waals surface area (Å²) in [5, 5.41) is 0. The highest BCUT2D eigenvalue weighted by Gasteiger charge is 2.09. The van der Waals surface area contributed by atoms with E-state index in [1.54, 1.807) is 12.5 Å². The van der Waals surface area contributed by atoms with Gasteiger partial charge in [0.1, 0.15) is 12.4 Å². The molecule has 0 aliphatic heterocycles. The maximum atomic E-state index is 5.94. The molecular formula is C13H16BrN3O. The summed E-state index contributed by atoms with van der Waals surface area (Å²) < 4.78 is 8.75. The summed E-state index contributed by atoms with van der Waals surface area (Å²) in [5.74, 6) is 0.814. The molecular weight excluding hydrogens is 294 g/mol. The van der Waals surface area contributed by atoms with Crippen LogP contribution in [0.3, 0.4) is 0 Å². The van der Waals surface area contributed by atoms with Gasteiger partial charge in [0.2, 0.25) is 0 Å². The average molecular weight is 310 g/mol. The Bertz CT molecular complexity index is 537. The lowest BCUT2D eigenvalue weighted by Crippen LogP contribution is -2.09. The van der Waals surface area contributed by atoms with Crippen molar-refractivity contribution in [3.63, 3.8) is 0 Å². The van der Waals surface area contributed by atoms with Gasteiger partial charge in [-0.15, -0.1) is 0 Å². The van der Waals surface area contributed by atoms with E-state index in [9.17, 15) is 0 Å². The van der Waals surface area contributed by atoms with Gasteiger partial charge in [0.15, 0.2) is 0 Å². The molecule has 1 heterocycles. The number of aryl methyl sites for hydroxylation is 1. The number of nitrogens with two attached hydrogens (primary N) is 1. The van der Waals surface area contributed by atoms with E-state index in [4.69, 9.17) is 10.5 Å². The fourth-order valence-corrected chi connectivity index (χ4v) is 2.06. The van der Waals surface area contributed by atoms with Gasteiger partial charge in [0, 0.05) is 23.1 Å². The van der Waals surface area contributed by atoms with Crippen LogP contribution in [0.15, 0.2) is 35.2 Å². The van der Waals surface area contributed by atoms with Crippen molar-refractivity contribution in [1.82, 2.24) is 9.55 Å². The Kier molecular flexibility index (Phi) is 4.04. The van der Waals surface area contributed by atoms with Crippen molar-refractivity contribution in [2.45, 2.75) is 19.6 Å². The first-order chi connectivity index (χ1) is 8.58. The van der Waals surface area contributed by atoms with Gasteiger partial charge in [-0.05, 0) is 25.1 Å². The van der Waals surface area contributed by atoms with Crippen molar-refractivity contribution < 1.29 is 4.74 Å². The number of rotatable bonds is 4. The topological polar surface area (TPSA) is 53.1 Å². The number of hydrogen-bond donors (Lipinski definition) is 1. The van der Waals surface area contributed by atoms with Crippen LogP contribution in [0.2, 0.25) is 0 Å². The molecule has 0 saturated heterocycles. The quantitative estimate of drug-likeness (QED) is 0.945. The zero-order valence-electron chi connectivity index (χ0n) is 10.4. The lowest BCUT2D eigenvalue weighted by atomic mass is 10.1. The highest BCUT2D eigenvalue weighted by atomic mass is 79.9. The standard InChI is InChI=1S/C13H16BrN3O/c1-9(15)12-5-10(14)3-4-13(12)18-7-11-6-16-8-17(11)2/h3-6,8-9H,7,15H2,1-2H3/t9-/m0/s1. The first-order valence-corrected chi connectivity index (χ1v) is 6.50. The fraction of sp³-hybridized carbons (Fsp3) is 0.308. The van der Waals surface area contributed by atoms with Gasteiger partial charge in [0.25, 0.3) is 0 Å². The summed E-state index contributed by atoms with van der Waals surface area (Å²) >= 11 is 3.44. The Morgan fingerprint density at radius 3 is 2.89 bits per heavy atom. The molecule has 0 bridgehead atoms. The van der Waals surface area contributed by atoms with E-state index in [1.165, 1.54) is 0 Å². The molecule has 96 valence electrons. The van der Waals surface area contributed by atoms with Gasteiger partial charge in [-0.3, -0.25) is 0 Å². The largest absolute Gasteiger partial charge is 0.487 e. The second kappa shape index (κ2) is 5.54. The van der Waals surface area contributed by atoms with Crippen LogP contribution in [0.25, 0.3) is 0 Å². The monoisotopic (exact) mass is 309 g/mol. The number of benzene rings is 1. The summed E-state index contributed by atoms with van der Waals surface area (Å²) in [7, 11) is 1.94. The Hall–Kier alpha value is -1.33. The second-order valence-corrected chi connectivity index (χ2v) is 5.17. The molecule has 0 saturated carbocycles. The van der Waals surface area contributed by atoms with Crippen LogP contribution >= 0.6 is 15.9 Å². The first-order valence-electron chi connectivity index (χ1n) is 5.71. The minimum absolute atomic E-state index is 0.0657. The molecule has 4 nitrogen and oxygen atoms in total. The van der Waals surface area contributed by atoms with Crippen molar-refractivity contribution in [3.8, 4) is 5.75 Å². The number of hydrogen-bond acceptors (Lipinski definition) is 3. The third kappa shape index (κ3) is 2.91. The van der Waals surface area contributed by atoms with Gasteiger partial charge in [-0.1, -0.05) is 15.9 Å². The number of aromatic nitrogens is 2. The molecule has 0 aliphatic carbocycles. The number of halogens is 1. The number of ether oxygens (including phenoxy) is 1. The van der Waals surface area contributed by atoms with Crippen molar-refractivity contribution in [3.05, 3.63) is 46.5 Å². The Labute approximate surface area is 115 Å². The van der Waals surface area contributed by atoms with E-state index in [1.807, 2.05) is 36.7 Å². The minimum Gasteiger partial charge on any atom is -0.487 e. The maximum absolute atomic E-state index is 5.94. The van der Waals surface area contributed by atoms with Gasteiger partial charge in [0.05, 0.1) is 18.2 Å². The molecule has 0 unspecified atom stereocenters. The highest BCUT2D eigenvalue weighted by Crippen LogP contribution is 2.28. The molecule has 1 aromatic heterocycles. The van der Waals surface area contributed by atoms with E-state index in [-0.39, 0.29) is 6.04 Å². The third-order valence-corrected chi connectivity index (χ3v) is 3.25. The average Bonchev–Trinajstić information content (AvgIpc) is 2.73. The zero-order valence-corrected chi connectivity index (χ0v) is 12.0. The number of nitrogens with zero attached hydrogens (tertiary/aromatic N) is 2. The van der Waals surface area contributed by atoms with Crippen LogP contribution in [0.4, 0.5) is 0 Å². The molecule has 0 amide bonds. The molecule has 18 heavy (non-hydrogen) atoms. The predicted octanol–water partition coefficient (Wildman–Crippen LogP) is 2.78. The first kappa shape index (κ1) is 13.1. The van der Waals surface area contributed by atoms with Gasteiger partial charge >= 0.3 is 0 Å². The van der Waals surface area contributed by atoms with Crippen LogP contribution < -0.4 is 10.5 Å². The molecule has 5 heteroatoms. The van der Waals surface area contributed by atoms with E-state index in [2.05, 4.69) is 20.9 Å². The van der Waals surface area contributed by atoms with Gasteiger partial charge in [-0.25, -0.2) is 4.98 Å². The van der Waals surface area contributed by atoms with Gasteiger partial charge < -0.3 is 15.0 Å². The van der Waals surface area contributed by atoms with Crippen LogP contribution in [0.5, 0.6) is 5.75 Å². The van der Waals surface area contributed by atoms with Crippen molar-refractivity contribution >= 4 is 15.9 Å². The summed E-state index contributed by atoms with van der Waals surface area (Å²) in [5.41, 5.74) is 7.96. The molecule has 2 rings (SSSR count). The van der Waals surface area contributed by atoms with Crippen LogP contribution in [0.1, 0.15) is 24.2 Å². The Balaban J connectivity index is 2.16. The predicted molar refractivity (Wildman–Crippen MR) is 74.3 cm³/mol. The van der Waals surface area contributed by atoms with Crippen LogP contribution in [-0.4, -0.2) is 9.55 Å². The van der Waals surface area contributed by atoms with Crippen LogP contribution in [0, 0.1) is 0 Å². The lowest BCUT2D eigenvalue weighted by molar-refractivity contribution is 0.292. The van der Waals surface area contributed by atoms with Crippen molar-refractivity contribution in [2.75, 3.05) is 0 Å². The summed E-state index contributed by atoms with van der Waals surface area (Å²) in [6.07, 6.45) is 3.55. The summed E-state index contributed by atoms with van der Waals surface area (Å²) in [4.78, 5) is 4.06. The Morgan fingerprint density at radius 2 is 2.28 bits per heavy atom. The molecule has 1 aromatic carbocycles. The molecule has 0 spiro atoms. The molecule has 1 atom stereocenters. The maximum Gasteiger partial charge on any atom is 0.130 e. The SMILES string of the molecule is C[C@H](N)c1cc(Br)ccc1OCc1cncn1C. The van der Waals surface area contributed by atoms with E-state index in [0.29, 0.717) is 6.61 Å². The van der Waals surface area contributed by atoms with E-state index < -0.39 is 0 Å². The van der Waals surface area contributed by atoms with Gasteiger partial charge in [-0.2, -0.15) is 0 Å².